The summed E-state index contributed by atoms with van der Waals surface area (Å²) in [4.78, 5) is 15.7. The summed E-state index contributed by atoms with van der Waals surface area (Å²) in [6.07, 6.45) is 1.37. The van der Waals surface area contributed by atoms with Crippen LogP contribution in [0.1, 0.15) is 15.9 Å². The molecular weight excluding hydrogens is 269 g/mol. The van der Waals surface area contributed by atoms with Crippen molar-refractivity contribution in [3.63, 3.8) is 0 Å². The third-order valence-electron chi connectivity index (χ3n) is 2.47. The maximum Gasteiger partial charge on any atom is 0.254 e. The van der Waals surface area contributed by atoms with Gasteiger partial charge < -0.3 is 11.1 Å². The van der Waals surface area contributed by atoms with Gasteiger partial charge in [-0.25, -0.2) is 9.37 Å². The Morgan fingerprint density at radius 2 is 2.05 bits per heavy atom. The van der Waals surface area contributed by atoms with E-state index in [9.17, 15) is 9.18 Å². The van der Waals surface area contributed by atoms with E-state index in [0.717, 1.165) is 5.56 Å². The zero-order valence-electron chi connectivity index (χ0n) is 9.86. The van der Waals surface area contributed by atoms with Crippen molar-refractivity contribution < 1.29 is 9.18 Å². The van der Waals surface area contributed by atoms with E-state index in [-0.39, 0.29) is 29.0 Å². The minimum Gasteiger partial charge on any atom is -0.397 e. The zero-order valence-corrected chi connectivity index (χ0v) is 10.6. The van der Waals surface area contributed by atoms with E-state index in [4.69, 9.17) is 17.3 Å². The van der Waals surface area contributed by atoms with E-state index >= 15 is 0 Å². The first-order valence-corrected chi connectivity index (χ1v) is 5.88. The van der Waals surface area contributed by atoms with Crippen LogP contribution < -0.4 is 11.1 Å². The first kappa shape index (κ1) is 13.3. The minimum atomic E-state index is -0.380. The third kappa shape index (κ3) is 3.42. The molecule has 0 saturated carbocycles. The van der Waals surface area contributed by atoms with Crippen molar-refractivity contribution in [1.29, 1.82) is 0 Å². The summed E-state index contributed by atoms with van der Waals surface area (Å²) in [6, 6.07) is 7.30. The normalized spacial score (nSPS) is 10.2. The van der Waals surface area contributed by atoms with Crippen LogP contribution in [-0.2, 0) is 6.54 Å². The number of nitrogen functional groups attached to an aromatic ring is 1. The molecule has 1 aromatic carbocycles. The van der Waals surface area contributed by atoms with Crippen LogP contribution in [0.25, 0.3) is 0 Å². The molecule has 0 bridgehead atoms. The monoisotopic (exact) mass is 279 g/mol. The molecule has 3 N–H and O–H groups in total. The molecule has 0 atom stereocenters. The summed E-state index contributed by atoms with van der Waals surface area (Å²) >= 11 is 5.82. The molecule has 2 aromatic rings. The average molecular weight is 280 g/mol. The lowest BCUT2D eigenvalue weighted by Gasteiger charge is -2.07. The van der Waals surface area contributed by atoms with Crippen molar-refractivity contribution in [2.24, 2.45) is 0 Å². The molecule has 1 aromatic heterocycles. The van der Waals surface area contributed by atoms with Crippen molar-refractivity contribution >= 4 is 23.2 Å². The van der Waals surface area contributed by atoms with Crippen LogP contribution in [0.15, 0.2) is 36.5 Å². The van der Waals surface area contributed by atoms with E-state index < -0.39 is 0 Å². The molecular formula is C13H11ClFN3O. The van der Waals surface area contributed by atoms with Gasteiger partial charge >= 0.3 is 0 Å². The molecule has 98 valence electrons. The van der Waals surface area contributed by atoms with Gasteiger partial charge in [-0.1, -0.05) is 23.7 Å². The van der Waals surface area contributed by atoms with Crippen molar-refractivity contribution in [2.75, 3.05) is 5.73 Å². The van der Waals surface area contributed by atoms with Crippen LogP contribution in [0, 0.1) is 5.82 Å². The van der Waals surface area contributed by atoms with Gasteiger partial charge in [0.05, 0.1) is 17.4 Å². The van der Waals surface area contributed by atoms with E-state index in [0.29, 0.717) is 5.69 Å². The highest BCUT2D eigenvalue weighted by atomic mass is 35.5. The first-order valence-electron chi connectivity index (χ1n) is 5.50. The fourth-order valence-corrected chi connectivity index (χ4v) is 1.69. The molecule has 0 aliphatic rings. The number of anilines is 1. The number of nitrogens with zero attached hydrogens (tertiary/aromatic N) is 1. The Labute approximate surface area is 114 Å². The molecule has 4 nitrogen and oxygen atoms in total. The second kappa shape index (κ2) is 5.67. The Morgan fingerprint density at radius 3 is 2.74 bits per heavy atom. The van der Waals surface area contributed by atoms with Gasteiger partial charge in [-0.15, -0.1) is 0 Å². The number of hydrogen-bond acceptors (Lipinski definition) is 3. The van der Waals surface area contributed by atoms with Gasteiger partial charge in [-0.05, 0) is 23.8 Å². The Bertz CT molecular complexity index is 601. The first-order chi connectivity index (χ1) is 9.06. The van der Waals surface area contributed by atoms with E-state index in [1.165, 1.54) is 24.4 Å². The smallest absolute Gasteiger partial charge is 0.254 e. The Morgan fingerprint density at radius 1 is 1.37 bits per heavy atom. The van der Waals surface area contributed by atoms with Gasteiger partial charge in [0.15, 0.2) is 0 Å². The zero-order chi connectivity index (χ0) is 13.8. The van der Waals surface area contributed by atoms with Crippen LogP contribution in [0.4, 0.5) is 10.1 Å². The predicted molar refractivity (Wildman–Crippen MR) is 71.2 cm³/mol. The lowest BCUT2D eigenvalue weighted by atomic mass is 10.2. The maximum atomic E-state index is 12.7. The number of benzene rings is 1. The summed E-state index contributed by atoms with van der Waals surface area (Å²) in [5.74, 6) is -0.702. The number of rotatable bonds is 3. The molecule has 0 aliphatic carbocycles. The number of pyridine rings is 1. The van der Waals surface area contributed by atoms with Crippen LogP contribution in [-0.4, -0.2) is 10.9 Å². The van der Waals surface area contributed by atoms with E-state index in [1.54, 1.807) is 12.1 Å². The van der Waals surface area contributed by atoms with Crippen LogP contribution in [0.3, 0.4) is 0 Å². The molecule has 0 fully saturated rings. The van der Waals surface area contributed by atoms with Gasteiger partial charge in [-0.2, -0.15) is 0 Å². The van der Waals surface area contributed by atoms with Gasteiger partial charge in [0, 0.05) is 6.54 Å². The van der Waals surface area contributed by atoms with Crippen molar-refractivity contribution in [3.05, 3.63) is 58.6 Å². The number of halogens is 2. The van der Waals surface area contributed by atoms with Crippen molar-refractivity contribution in [3.8, 4) is 0 Å². The topological polar surface area (TPSA) is 68.0 Å². The molecule has 6 heteroatoms. The molecule has 0 radical (unpaired) electrons. The third-order valence-corrected chi connectivity index (χ3v) is 2.77. The Hall–Kier alpha value is -2.14. The number of nitrogens with two attached hydrogens (primary N) is 1. The Kier molecular flexibility index (Phi) is 3.97. The molecule has 0 unspecified atom stereocenters. The lowest BCUT2D eigenvalue weighted by Crippen LogP contribution is -2.23. The number of carbonyl (C=O) groups excluding carboxylic acids is 1. The molecule has 19 heavy (non-hydrogen) atoms. The lowest BCUT2D eigenvalue weighted by molar-refractivity contribution is 0.0951. The van der Waals surface area contributed by atoms with Crippen molar-refractivity contribution in [1.82, 2.24) is 10.3 Å². The molecule has 1 heterocycles. The average Bonchev–Trinajstić information content (AvgIpc) is 2.40. The van der Waals surface area contributed by atoms with Gasteiger partial charge in [-0.3, -0.25) is 4.79 Å². The summed E-state index contributed by atoms with van der Waals surface area (Å²) in [7, 11) is 0. The number of amides is 1. The minimum absolute atomic E-state index is 0.0887. The molecule has 0 spiro atoms. The fraction of sp³-hybridized carbons (Fsp3) is 0.0769. The van der Waals surface area contributed by atoms with Crippen LogP contribution >= 0.6 is 11.6 Å². The van der Waals surface area contributed by atoms with E-state index in [1.807, 2.05) is 0 Å². The fourth-order valence-electron chi connectivity index (χ4n) is 1.50. The molecule has 0 aliphatic heterocycles. The largest absolute Gasteiger partial charge is 0.397 e. The molecule has 0 saturated heterocycles. The van der Waals surface area contributed by atoms with Gasteiger partial charge in [0.2, 0.25) is 0 Å². The molecule has 2 rings (SSSR count). The maximum absolute atomic E-state index is 12.7. The summed E-state index contributed by atoms with van der Waals surface area (Å²) in [5, 5.41) is 2.75. The van der Waals surface area contributed by atoms with E-state index in [2.05, 4.69) is 10.3 Å². The van der Waals surface area contributed by atoms with Gasteiger partial charge in [0.1, 0.15) is 11.0 Å². The number of hydrogen-bond donors (Lipinski definition) is 2. The highest BCUT2D eigenvalue weighted by molar-refractivity contribution is 6.32. The van der Waals surface area contributed by atoms with Gasteiger partial charge in [0.25, 0.3) is 5.91 Å². The molecule has 1 amide bonds. The summed E-state index contributed by atoms with van der Waals surface area (Å²) in [6.45, 7) is 0.268. The number of nitrogens with one attached hydrogen (secondary N) is 1. The SMILES string of the molecule is Nc1cnc(Cl)c(C(=O)NCc2ccc(F)cc2)c1. The summed E-state index contributed by atoms with van der Waals surface area (Å²) in [5.41, 5.74) is 6.90. The summed E-state index contributed by atoms with van der Waals surface area (Å²) < 4.78 is 12.7. The predicted octanol–water partition coefficient (Wildman–Crippen LogP) is 2.39. The second-order valence-electron chi connectivity index (χ2n) is 3.92. The quantitative estimate of drug-likeness (QED) is 0.848. The highest BCUT2D eigenvalue weighted by Gasteiger charge is 2.11. The number of aromatic nitrogens is 1. The van der Waals surface area contributed by atoms with Crippen molar-refractivity contribution in [2.45, 2.75) is 6.54 Å². The highest BCUT2D eigenvalue weighted by Crippen LogP contribution is 2.15. The second-order valence-corrected chi connectivity index (χ2v) is 4.27. The van der Waals surface area contributed by atoms with Crippen LogP contribution in [0.2, 0.25) is 5.15 Å². The van der Waals surface area contributed by atoms with Crippen LogP contribution in [0.5, 0.6) is 0 Å². The standard InChI is InChI=1S/C13H11ClFN3O/c14-12-11(5-10(16)7-17-12)13(19)18-6-8-1-3-9(15)4-2-8/h1-5,7H,6,16H2,(H,18,19). The Balaban J connectivity index is 2.05. The number of carbonyl (C=O) groups is 1.